The van der Waals surface area contributed by atoms with Gasteiger partial charge < -0.3 is 10.5 Å². The third-order valence-corrected chi connectivity index (χ3v) is 2.31. The summed E-state index contributed by atoms with van der Waals surface area (Å²) in [6, 6.07) is 15.8. The molecule has 0 aliphatic rings. The summed E-state index contributed by atoms with van der Waals surface area (Å²) in [7, 11) is 1.67. The Morgan fingerprint density at radius 2 is 1.67 bits per heavy atom. The molecule has 2 aromatic carbocycles. The van der Waals surface area contributed by atoms with Crippen molar-refractivity contribution in [2.24, 2.45) is 0 Å². The Morgan fingerprint density at radius 3 is 2.33 bits per heavy atom. The van der Waals surface area contributed by atoms with Crippen LogP contribution in [0.25, 0.3) is 11.1 Å². The summed E-state index contributed by atoms with van der Waals surface area (Å²) in [6.45, 7) is 0. The second-order valence-corrected chi connectivity index (χ2v) is 3.35. The average molecular weight is 199 g/mol. The van der Waals surface area contributed by atoms with Gasteiger partial charge in [-0.05, 0) is 35.4 Å². The quantitative estimate of drug-likeness (QED) is 0.755. The van der Waals surface area contributed by atoms with Gasteiger partial charge in [0, 0.05) is 5.69 Å². The zero-order valence-electron chi connectivity index (χ0n) is 8.60. The van der Waals surface area contributed by atoms with E-state index in [9.17, 15) is 0 Å². The zero-order valence-corrected chi connectivity index (χ0v) is 8.60. The highest BCUT2D eigenvalue weighted by atomic mass is 16.5. The van der Waals surface area contributed by atoms with Gasteiger partial charge in [0.25, 0.3) is 0 Å². The number of nitrogen functional groups attached to an aromatic ring is 1. The van der Waals surface area contributed by atoms with Crippen molar-refractivity contribution < 1.29 is 4.74 Å². The van der Waals surface area contributed by atoms with Crippen molar-refractivity contribution in [1.29, 1.82) is 0 Å². The van der Waals surface area contributed by atoms with Crippen LogP contribution < -0.4 is 10.5 Å². The molecular weight excluding hydrogens is 186 g/mol. The minimum Gasteiger partial charge on any atom is -0.497 e. The third kappa shape index (κ3) is 2.10. The summed E-state index contributed by atoms with van der Waals surface area (Å²) in [5.41, 5.74) is 8.69. The van der Waals surface area contributed by atoms with Crippen LogP contribution in [-0.4, -0.2) is 7.11 Å². The number of ether oxygens (including phenoxy) is 1. The summed E-state index contributed by atoms with van der Waals surface area (Å²) < 4.78 is 5.18. The average Bonchev–Trinajstić information content (AvgIpc) is 2.30. The molecule has 0 aromatic heterocycles. The molecule has 0 saturated heterocycles. The molecule has 0 radical (unpaired) electrons. The molecule has 0 unspecified atom stereocenters. The number of rotatable bonds is 2. The van der Waals surface area contributed by atoms with Crippen LogP contribution in [0.15, 0.2) is 48.5 Å². The largest absolute Gasteiger partial charge is 0.497 e. The van der Waals surface area contributed by atoms with Gasteiger partial charge in [-0.1, -0.05) is 24.3 Å². The fourth-order valence-electron chi connectivity index (χ4n) is 1.48. The van der Waals surface area contributed by atoms with Gasteiger partial charge in [-0.3, -0.25) is 0 Å². The summed E-state index contributed by atoms with van der Waals surface area (Å²) in [6.07, 6.45) is 0. The Labute approximate surface area is 89.3 Å². The molecule has 15 heavy (non-hydrogen) atoms. The Bertz CT molecular complexity index is 448. The van der Waals surface area contributed by atoms with Crippen LogP contribution in [0.3, 0.4) is 0 Å². The van der Waals surface area contributed by atoms with E-state index in [1.807, 2.05) is 48.5 Å². The first-order valence-electron chi connectivity index (χ1n) is 4.79. The number of benzene rings is 2. The Balaban J connectivity index is 2.40. The maximum absolute atomic E-state index is 5.64. The predicted octanol–water partition coefficient (Wildman–Crippen LogP) is 2.94. The fraction of sp³-hybridized carbons (Fsp3) is 0.0769. The third-order valence-electron chi connectivity index (χ3n) is 2.31. The number of hydrogen-bond acceptors (Lipinski definition) is 2. The summed E-state index contributed by atoms with van der Waals surface area (Å²) in [4.78, 5) is 0. The van der Waals surface area contributed by atoms with E-state index in [2.05, 4.69) is 0 Å². The van der Waals surface area contributed by atoms with E-state index in [0.717, 1.165) is 22.6 Å². The lowest BCUT2D eigenvalue weighted by Crippen LogP contribution is -1.85. The van der Waals surface area contributed by atoms with Crippen LogP contribution >= 0.6 is 0 Å². The molecule has 0 bridgehead atoms. The van der Waals surface area contributed by atoms with Crippen LogP contribution in [0.5, 0.6) is 5.75 Å². The highest BCUT2D eigenvalue weighted by Gasteiger charge is 1.98. The zero-order chi connectivity index (χ0) is 10.7. The molecule has 76 valence electrons. The van der Waals surface area contributed by atoms with Crippen LogP contribution in [0, 0.1) is 0 Å². The molecule has 2 aromatic rings. The molecule has 2 nitrogen and oxygen atoms in total. The molecule has 0 atom stereocenters. The molecule has 0 saturated carbocycles. The van der Waals surface area contributed by atoms with E-state index in [4.69, 9.17) is 10.5 Å². The van der Waals surface area contributed by atoms with Crippen LogP contribution in [0.1, 0.15) is 0 Å². The molecule has 2 heteroatoms. The summed E-state index contributed by atoms with van der Waals surface area (Å²) >= 11 is 0. The van der Waals surface area contributed by atoms with Gasteiger partial charge in [-0.15, -0.1) is 0 Å². The lowest BCUT2D eigenvalue weighted by molar-refractivity contribution is 0.415. The van der Waals surface area contributed by atoms with E-state index < -0.39 is 0 Å². The Morgan fingerprint density at radius 1 is 0.933 bits per heavy atom. The maximum Gasteiger partial charge on any atom is 0.119 e. The van der Waals surface area contributed by atoms with Crippen LogP contribution in [-0.2, 0) is 0 Å². The van der Waals surface area contributed by atoms with Gasteiger partial charge in [0.1, 0.15) is 5.75 Å². The second-order valence-electron chi connectivity index (χ2n) is 3.35. The molecule has 2 N–H and O–H groups in total. The minimum absolute atomic E-state index is 0.779. The van der Waals surface area contributed by atoms with E-state index in [0.29, 0.717) is 0 Å². The lowest BCUT2D eigenvalue weighted by Gasteiger charge is -2.04. The molecule has 0 fully saturated rings. The van der Waals surface area contributed by atoms with Crippen molar-refractivity contribution >= 4 is 5.69 Å². The SMILES string of the molecule is COc1cccc(-c2ccc(N)cc2)c1. The summed E-state index contributed by atoms with van der Waals surface area (Å²) in [5, 5.41) is 0. The predicted molar refractivity (Wildman–Crippen MR) is 62.8 cm³/mol. The highest BCUT2D eigenvalue weighted by molar-refractivity contribution is 5.66. The van der Waals surface area contributed by atoms with Crippen LogP contribution in [0.4, 0.5) is 5.69 Å². The molecule has 0 spiro atoms. The molecule has 2 rings (SSSR count). The van der Waals surface area contributed by atoms with Crippen molar-refractivity contribution in [3.63, 3.8) is 0 Å². The molecule has 0 amide bonds. The minimum atomic E-state index is 0.779. The highest BCUT2D eigenvalue weighted by Crippen LogP contribution is 2.24. The van der Waals surface area contributed by atoms with Gasteiger partial charge in [-0.2, -0.15) is 0 Å². The van der Waals surface area contributed by atoms with Crippen LogP contribution in [0.2, 0.25) is 0 Å². The number of anilines is 1. The standard InChI is InChI=1S/C13H13NO/c1-15-13-4-2-3-11(9-13)10-5-7-12(14)8-6-10/h2-9H,14H2,1H3. The van der Waals surface area contributed by atoms with E-state index in [1.165, 1.54) is 0 Å². The van der Waals surface area contributed by atoms with E-state index in [-0.39, 0.29) is 0 Å². The monoisotopic (exact) mass is 199 g/mol. The van der Waals surface area contributed by atoms with Gasteiger partial charge >= 0.3 is 0 Å². The number of hydrogen-bond donors (Lipinski definition) is 1. The number of methoxy groups -OCH3 is 1. The first kappa shape index (κ1) is 9.59. The Hall–Kier alpha value is -1.96. The van der Waals surface area contributed by atoms with E-state index >= 15 is 0 Å². The molecule has 0 aliphatic heterocycles. The summed E-state index contributed by atoms with van der Waals surface area (Å²) in [5.74, 6) is 0.865. The fourth-order valence-corrected chi connectivity index (χ4v) is 1.48. The molecule has 0 aliphatic carbocycles. The molecule has 0 heterocycles. The van der Waals surface area contributed by atoms with Crippen molar-refractivity contribution in [2.75, 3.05) is 12.8 Å². The van der Waals surface area contributed by atoms with E-state index in [1.54, 1.807) is 7.11 Å². The normalized spacial score (nSPS) is 9.93. The van der Waals surface area contributed by atoms with Gasteiger partial charge in [-0.25, -0.2) is 0 Å². The van der Waals surface area contributed by atoms with Gasteiger partial charge in [0.2, 0.25) is 0 Å². The first-order chi connectivity index (χ1) is 7.29. The topological polar surface area (TPSA) is 35.2 Å². The smallest absolute Gasteiger partial charge is 0.119 e. The van der Waals surface area contributed by atoms with Gasteiger partial charge in [0.05, 0.1) is 7.11 Å². The second kappa shape index (κ2) is 4.05. The van der Waals surface area contributed by atoms with Crippen molar-refractivity contribution in [3.8, 4) is 16.9 Å². The Kier molecular flexibility index (Phi) is 2.59. The lowest BCUT2D eigenvalue weighted by atomic mass is 10.1. The maximum atomic E-state index is 5.64. The first-order valence-corrected chi connectivity index (χ1v) is 4.79. The van der Waals surface area contributed by atoms with Crippen molar-refractivity contribution in [1.82, 2.24) is 0 Å². The van der Waals surface area contributed by atoms with Gasteiger partial charge in [0.15, 0.2) is 0 Å². The number of nitrogens with two attached hydrogens (primary N) is 1. The van der Waals surface area contributed by atoms with Crippen molar-refractivity contribution in [2.45, 2.75) is 0 Å². The molecular formula is C13H13NO. The van der Waals surface area contributed by atoms with Crippen molar-refractivity contribution in [3.05, 3.63) is 48.5 Å².